The molecule has 64 valence electrons. The fourth-order valence-electron chi connectivity index (χ4n) is 0.577. The van der Waals surface area contributed by atoms with Crippen LogP contribution in [0.5, 0.6) is 0 Å². The minimum atomic E-state index is -0.898. The van der Waals surface area contributed by atoms with Crippen LogP contribution in [0.25, 0.3) is 0 Å². The number of hydrogen-bond donors (Lipinski definition) is 2. The molecule has 0 amide bonds. The molecule has 1 heterocycles. The Morgan fingerprint density at radius 1 is 1.58 bits per heavy atom. The highest BCUT2D eigenvalue weighted by atomic mass is 32.2. The van der Waals surface area contributed by atoms with Gasteiger partial charge >= 0.3 is 5.97 Å². The number of carboxylic acids is 1. The monoisotopic (exact) mass is 185 g/mol. The standard InChI is InChI=1S/C6H7N3O2S/c7-5-6(9-2-1-8-5)12-3-4(10)11/h1-2H,3H2,(H2,7,8)(H,10,11). The molecule has 0 aliphatic carbocycles. The SMILES string of the molecule is Nc1nccnc1SCC(=O)O. The summed E-state index contributed by atoms with van der Waals surface area (Å²) < 4.78 is 0. The van der Waals surface area contributed by atoms with E-state index in [0.717, 1.165) is 11.8 Å². The van der Waals surface area contributed by atoms with Gasteiger partial charge in [-0.2, -0.15) is 0 Å². The third-order valence-corrected chi connectivity index (χ3v) is 2.00. The average molecular weight is 185 g/mol. The number of nitrogens with two attached hydrogens (primary N) is 1. The van der Waals surface area contributed by atoms with Crippen molar-refractivity contribution in [2.75, 3.05) is 11.5 Å². The summed E-state index contributed by atoms with van der Waals surface area (Å²) in [5.74, 6) is -0.683. The first kappa shape index (κ1) is 8.79. The van der Waals surface area contributed by atoms with Crippen LogP contribution in [0.3, 0.4) is 0 Å². The Kier molecular flexibility index (Phi) is 2.87. The molecule has 5 nitrogen and oxygen atoms in total. The van der Waals surface area contributed by atoms with Crippen LogP contribution < -0.4 is 5.73 Å². The predicted octanol–water partition coefficient (Wildman–Crippen LogP) is 0.235. The molecule has 1 aromatic rings. The molecule has 12 heavy (non-hydrogen) atoms. The van der Waals surface area contributed by atoms with Crippen LogP contribution in [0.4, 0.5) is 5.82 Å². The molecule has 0 spiro atoms. The number of carbonyl (C=O) groups is 1. The first-order valence-electron chi connectivity index (χ1n) is 3.11. The fraction of sp³-hybridized carbons (Fsp3) is 0.167. The molecule has 1 aromatic heterocycles. The summed E-state index contributed by atoms with van der Waals surface area (Å²) in [4.78, 5) is 17.8. The molecule has 0 atom stereocenters. The molecule has 0 aliphatic heterocycles. The minimum absolute atomic E-state index is 0.0527. The van der Waals surface area contributed by atoms with Gasteiger partial charge in [-0.3, -0.25) is 4.79 Å². The maximum Gasteiger partial charge on any atom is 0.313 e. The first-order chi connectivity index (χ1) is 5.70. The topological polar surface area (TPSA) is 89.1 Å². The molecular formula is C6H7N3O2S. The van der Waals surface area contributed by atoms with E-state index in [1.165, 1.54) is 12.4 Å². The van der Waals surface area contributed by atoms with Crippen molar-refractivity contribution in [1.29, 1.82) is 0 Å². The molecule has 0 saturated carbocycles. The Bertz CT molecular complexity index is 292. The smallest absolute Gasteiger partial charge is 0.313 e. The lowest BCUT2D eigenvalue weighted by molar-refractivity contribution is -0.133. The zero-order valence-corrected chi connectivity index (χ0v) is 6.91. The number of nitrogens with zero attached hydrogens (tertiary/aromatic N) is 2. The van der Waals surface area contributed by atoms with E-state index < -0.39 is 5.97 Å². The Morgan fingerprint density at radius 2 is 2.25 bits per heavy atom. The van der Waals surface area contributed by atoms with Gasteiger partial charge in [-0.05, 0) is 0 Å². The Labute approximate surface area is 73.0 Å². The molecule has 0 radical (unpaired) electrons. The van der Waals surface area contributed by atoms with Gasteiger partial charge in [0, 0.05) is 12.4 Å². The number of aliphatic carboxylic acids is 1. The third kappa shape index (κ3) is 2.39. The summed E-state index contributed by atoms with van der Waals surface area (Å²) >= 11 is 1.06. The van der Waals surface area contributed by atoms with Crippen molar-refractivity contribution >= 4 is 23.5 Å². The number of carboxylic acid groups (broad SMARTS) is 1. The van der Waals surface area contributed by atoms with Crippen LogP contribution in [-0.4, -0.2) is 26.8 Å². The van der Waals surface area contributed by atoms with Crippen molar-refractivity contribution in [3.8, 4) is 0 Å². The Hall–Kier alpha value is -1.30. The van der Waals surface area contributed by atoms with Crippen LogP contribution in [0.1, 0.15) is 0 Å². The Balaban J connectivity index is 2.63. The van der Waals surface area contributed by atoms with Crippen molar-refractivity contribution in [2.45, 2.75) is 5.03 Å². The fourth-order valence-corrected chi connectivity index (χ4v) is 1.17. The van der Waals surface area contributed by atoms with Gasteiger partial charge in [0.05, 0.1) is 5.75 Å². The van der Waals surface area contributed by atoms with Gasteiger partial charge in [0.25, 0.3) is 0 Å². The summed E-state index contributed by atoms with van der Waals surface area (Å²) in [7, 11) is 0. The van der Waals surface area contributed by atoms with Gasteiger partial charge < -0.3 is 10.8 Å². The molecule has 0 unspecified atom stereocenters. The second kappa shape index (κ2) is 3.91. The maximum atomic E-state index is 10.2. The average Bonchev–Trinajstić information content (AvgIpc) is 2.03. The van der Waals surface area contributed by atoms with Gasteiger partial charge in [0.2, 0.25) is 0 Å². The molecule has 0 fully saturated rings. The second-order valence-electron chi connectivity index (χ2n) is 1.93. The van der Waals surface area contributed by atoms with Crippen LogP contribution in [0, 0.1) is 0 Å². The number of nitrogen functional groups attached to an aromatic ring is 1. The molecule has 0 saturated heterocycles. The lowest BCUT2D eigenvalue weighted by atomic mass is 10.7. The highest BCUT2D eigenvalue weighted by Crippen LogP contribution is 2.18. The van der Waals surface area contributed by atoms with E-state index >= 15 is 0 Å². The molecule has 3 N–H and O–H groups in total. The molecule has 6 heteroatoms. The van der Waals surface area contributed by atoms with E-state index in [2.05, 4.69) is 9.97 Å². The zero-order valence-electron chi connectivity index (χ0n) is 6.10. The Morgan fingerprint density at radius 3 is 2.83 bits per heavy atom. The predicted molar refractivity (Wildman–Crippen MR) is 44.8 cm³/mol. The number of hydrogen-bond acceptors (Lipinski definition) is 5. The number of anilines is 1. The zero-order chi connectivity index (χ0) is 8.97. The van der Waals surface area contributed by atoms with Crippen LogP contribution >= 0.6 is 11.8 Å². The summed E-state index contributed by atoms with van der Waals surface area (Å²) in [5.41, 5.74) is 5.42. The number of rotatable bonds is 3. The van der Waals surface area contributed by atoms with Crippen LogP contribution in [-0.2, 0) is 4.79 Å². The van der Waals surface area contributed by atoms with Crippen molar-refractivity contribution < 1.29 is 9.90 Å². The maximum absolute atomic E-state index is 10.2. The first-order valence-corrected chi connectivity index (χ1v) is 4.10. The van der Waals surface area contributed by atoms with E-state index in [1.807, 2.05) is 0 Å². The van der Waals surface area contributed by atoms with Crippen molar-refractivity contribution in [3.63, 3.8) is 0 Å². The largest absolute Gasteiger partial charge is 0.481 e. The minimum Gasteiger partial charge on any atom is -0.481 e. The van der Waals surface area contributed by atoms with E-state index in [9.17, 15) is 4.79 Å². The molecular weight excluding hydrogens is 178 g/mol. The van der Waals surface area contributed by atoms with E-state index in [-0.39, 0.29) is 11.6 Å². The van der Waals surface area contributed by atoms with E-state index in [0.29, 0.717) is 5.03 Å². The normalized spacial score (nSPS) is 9.67. The van der Waals surface area contributed by atoms with Crippen molar-refractivity contribution in [3.05, 3.63) is 12.4 Å². The molecule has 0 bridgehead atoms. The van der Waals surface area contributed by atoms with Crippen LogP contribution in [0.2, 0.25) is 0 Å². The molecule has 0 aromatic carbocycles. The molecule has 1 rings (SSSR count). The molecule has 0 aliphatic rings. The second-order valence-corrected chi connectivity index (χ2v) is 2.89. The summed E-state index contributed by atoms with van der Waals surface area (Å²) in [5, 5.41) is 8.81. The van der Waals surface area contributed by atoms with Crippen molar-refractivity contribution in [2.24, 2.45) is 0 Å². The number of aromatic nitrogens is 2. The van der Waals surface area contributed by atoms with E-state index in [4.69, 9.17) is 10.8 Å². The van der Waals surface area contributed by atoms with Gasteiger partial charge in [0.15, 0.2) is 5.82 Å². The van der Waals surface area contributed by atoms with Crippen LogP contribution in [0.15, 0.2) is 17.4 Å². The van der Waals surface area contributed by atoms with Gasteiger partial charge in [-0.25, -0.2) is 9.97 Å². The van der Waals surface area contributed by atoms with Gasteiger partial charge in [-0.15, -0.1) is 0 Å². The quantitative estimate of drug-likeness (QED) is 0.655. The summed E-state index contributed by atoms with van der Waals surface area (Å²) in [6, 6.07) is 0. The van der Waals surface area contributed by atoms with Crippen molar-refractivity contribution in [1.82, 2.24) is 9.97 Å². The summed E-state index contributed by atoms with van der Waals surface area (Å²) in [6.07, 6.45) is 2.93. The summed E-state index contributed by atoms with van der Waals surface area (Å²) in [6.45, 7) is 0. The highest BCUT2D eigenvalue weighted by Gasteiger charge is 2.04. The van der Waals surface area contributed by atoms with E-state index in [1.54, 1.807) is 0 Å². The number of thioether (sulfide) groups is 1. The highest BCUT2D eigenvalue weighted by molar-refractivity contribution is 8.00. The lowest BCUT2D eigenvalue weighted by Gasteiger charge is -1.98. The third-order valence-electron chi connectivity index (χ3n) is 1.02. The van der Waals surface area contributed by atoms with Gasteiger partial charge in [0.1, 0.15) is 5.03 Å². The van der Waals surface area contributed by atoms with Gasteiger partial charge in [-0.1, -0.05) is 11.8 Å². The lowest BCUT2D eigenvalue weighted by Crippen LogP contribution is -2.00.